The smallest absolute Gasteiger partial charge is 0.188 e. The Morgan fingerprint density at radius 2 is 1.02 bits per heavy atom. The standard InChI is InChI=1S/C45H25N5/c1-48-32-18-23-45-40(26-32)39-25-30(28-47)15-22-44(39)50(45)43-21-14-29(27-46)24-38(43)35-9-3-2-8-34(35)31-16-19-33(20-17-31)49-41-12-6-4-10-36(41)37-11-5-7-13-42(37)49/h2-26H. The zero-order valence-electron chi connectivity index (χ0n) is 26.7. The molecule has 0 bridgehead atoms. The minimum Gasteiger partial charge on any atom is -0.309 e. The molecule has 9 rings (SSSR count). The van der Waals surface area contributed by atoms with Crippen molar-refractivity contribution in [2.24, 2.45) is 0 Å². The summed E-state index contributed by atoms with van der Waals surface area (Å²) in [5.74, 6) is 0. The number of hydrogen-bond donors (Lipinski definition) is 0. The molecule has 5 nitrogen and oxygen atoms in total. The Bertz CT molecular complexity index is 2830. The van der Waals surface area contributed by atoms with Crippen LogP contribution in [0, 0.1) is 29.2 Å². The molecular formula is C45H25N5. The van der Waals surface area contributed by atoms with Crippen LogP contribution < -0.4 is 0 Å². The van der Waals surface area contributed by atoms with Crippen LogP contribution in [0.4, 0.5) is 5.69 Å². The number of nitrogens with zero attached hydrogens (tertiary/aromatic N) is 5. The van der Waals surface area contributed by atoms with Gasteiger partial charge in [-0.15, -0.1) is 0 Å². The lowest BCUT2D eigenvalue weighted by Crippen LogP contribution is -1.99. The quantitative estimate of drug-likeness (QED) is 0.181. The number of nitriles is 2. The van der Waals surface area contributed by atoms with Crippen molar-refractivity contribution < 1.29 is 0 Å². The predicted octanol–water partition coefficient (Wildman–Crippen LogP) is 11.5. The van der Waals surface area contributed by atoms with E-state index in [-0.39, 0.29) is 0 Å². The van der Waals surface area contributed by atoms with Crippen molar-refractivity contribution >= 4 is 49.3 Å². The minimum absolute atomic E-state index is 0.536. The third-order valence-electron chi connectivity index (χ3n) is 9.61. The first-order valence-corrected chi connectivity index (χ1v) is 16.3. The van der Waals surface area contributed by atoms with Crippen LogP contribution in [-0.2, 0) is 0 Å². The molecule has 0 unspecified atom stereocenters. The lowest BCUT2D eigenvalue weighted by atomic mass is 9.92. The Labute approximate surface area is 288 Å². The van der Waals surface area contributed by atoms with Gasteiger partial charge in [-0.2, -0.15) is 10.5 Å². The van der Waals surface area contributed by atoms with Gasteiger partial charge in [0.2, 0.25) is 0 Å². The molecule has 2 heterocycles. The van der Waals surface area contributed by atoms with Gasteiger partial charge in [-0.1, -0.05) is 78.9 Å². The van der Waals surface area contributed by atoms with Gasteiger partial charge in [0.25, 0.3) is 0 Å². The summed E-state index contributed by atoms with van der Waals surface area (Å²) in [7, 11) is 0. The average molecular weight is 636 g/mol. The largest absolute Gasteiger partial charge is 0.309 e. The second kappa shape index (κ2) is 11.4. The molecule has 50 heavy (non-hydrogen) atoms. The molecule has 230 valence electrons. The van der Waals surface area contributed by atoms with Crippen molar-refractivity contribution in [2.75, 3.05) is 0 Å². The molecule has 0 radical (unpaired) electrons. The maximum Gasteiger partial charge on any atom is 0.188 e. The first kappa shape index (κ1) is 28.8. The van der Waals surface area contributed by atoms with Gasteiger partial charge >= 0.3 is 0 Å². The van der Waals surface area contributed by atoms with E-state index in [1.807, 2.05) is 66.7 Å². The van der Waals surface area contributed by atoms with Crippen molar-refractivity contribution in [1.29, 1.82) is 10.5 Å². The molecule has 0 N–H and O–H groups in total. The van der Waals surface area contributed by atoms with Crippen LogP contribution in [0.15, 0.2) is 152 Å². The second-order valence-electron chi connectivity index (χ2n) is 12.3. The Morgan fingerprint density at radius 3 is 1.70 bits per heavy atom. The molecule has 2 aromatic heterocycles. The summed E-state index contributed by atoms with van der Waals surface area (Å²) in [6.07, 6.45) is 0. The van der Waals surface area contributed by atoms with Gasteiger partial charge in [-0.25, -0.2) is 4.85 Å². The average Bonchev–Trinajstić information content (AvgIpc) is 3.69. The van der Waals surface area contributed by atoms with E-state index in [1.54, 1.807) is 0 Å². The van der Waals surface area contributed by atoms with Gasteiger partial charge in [-0.05, 0) is 94.9 Å². The predicted molar refractivity (Wildman–Crippen MR) is 202 cm³/mol. The molecule has 7 aromatic carbocycles. The SMILES string of the molecule is [C-]#[N+]c1ccc2c(c1)c1cc(C#N)ccc1n2-c1ccc(C#N)cc1-c1ccccc1-c1ccc(-n2c3ccccc3c3ccccc32)cc1. The highest BCUT2D eigenvalue weighted by molar-refractivity contribution is 6.12. The lowest BCUT2D eigenvalue weighted by Gasteiger charge is -2.18. The topological polar surface area (TPSA) is 61.8 Å². The first-order valence-electron chi connectivity index (χ1n) is 16.3. The van der Waals surface area contributed by atoms with Gasteiger partial charge in [0.05, 0.1) is 57.6 Å². The third kappa shape index (κ3) is 4.38. The van der Waals surface area contributed by atoms with Crippen LogP contribution in [0.2, 0.25) is 0 Å². The molecule has 0 amide bonds. The molecule has 0 spiro atoms. The highest BCUT2D eigenvalue weighted by atomic mass is 15.0. The molecule has 0 aliphatic carbocycles. The van der Waals surface area contributed by atoms with Gasteiger partial charge in [0, 0.05) is 27.4 Å². The van der Waals surface area contributed by atoms with Crippen molar-refractivity contribution in [1.82, 2.24) is 9.13 Å². The Hall–Kier alpha value is -7.39. The van der Waals surface area contributed by atoms with Crippen LogP contribution in [-0.4, -0.2) is 9.13 Å². The third-order valence-corrected chi connectivity index (χ3v) is 9.61. The van der Waals surface area contributed by atoms with E-state index in [1.165, 1.54) is 10.8 Å². The van der Waals surface area contributed by atoms with E-state index in [0.717, 1.165) is 66.5 Å². The summed E-state index contributed by atoms with van der Waals surface area (Å²) in [6.45, 7) is 7.63. The minimum atomic E-state index is 0.536. The van der Waals surface area contributed by atoms with E-state index >= 15 is 0 Å². The highest BCUT2D eigenvalue weighted by Gasteiger charge is 2.19. The van der Waals surface area contributed by atoms with Gasteiger partial charge < -0.3 is 9.13 Å². The second-order valence-corrected chi connectivity index (χ2v) is 12.3. The fourth-order valence-electron chi connectivity index (χ4n) is 7.39. The molecule has 0 aliphatic heterocycles. The number of benzene rings is 7. The molecule has 0 saturated heterocycles. The monoisotopic (exact) mass is 635 g/mol. The summed E-state index contributed by atoms with van der Waals surface area (Å²) in [6, 6.07) is 55.8. The van der Waals surface area contributed by atoms with Crippen LogP contribution >= 0.6 is 0 Å². The van der Waals surface area contributed by atoms with E-state index in [4.69, 9.17) is 6.57 Å². The fraction of sp³-hybridized carbons (Fsp3) is 0. The first-order chi connectivity index (χ1) is 24.7. The number of fused-ring (bicyclic) bond motifs is 6. The summed E-state index contributed by atoms with van der Waals surface area (Å²) in [5, 5.41) is 24.0. The normalized spacial score (nSPS) is 11.1. The van der Waals surface area contributed by atoms with Crippen molar-refractivity contribution in [3.63, 3.8) is 0 Å². The molecule has 0 atom stereocenters. The van der Waals surface area contributed by atoms with E-state index in [0.29, 0.717) is 16.8 Å². The highest BCUT2D eigenvalue weighted by Crippen LogP contribution is 2.41. The molecule has 5 heteroatoms. The lowest BCUT2D eigenvalue weighted by molar-refractivity contribution is 1.18. The van der Waals surface area contributed by atoms with Crippen molar-refractivity contribution in [2.45, 2.75) is 0 Å². The zero-order valence-corrected chi connectivity index (χ0v) is 26.7. The van der Waals surface area contributed by atoms with Crippen LogP contribution in [0.25, 0.3) is 82.1 Å². The number of hydrogen-bond acceptors (Lipinski definition) is 2. The zero-order chi connectivity index (χ0) is 33.8. The summed E-state index contributed by atoms with van der Waals surface area (Å²) >= 11 is 0. The van der Waals surface area contributed by atoms with E-state index < -0.39 is 0 Å². The summed E-state index contributed by atoms with van der Waals surface area (Å²) < 4.78 is 4.49. The van der Waals surface area contributed by atoms with Gasteiger partial charge in [0.1, 0.15) is 0 Å². The molecule has 9 aromatic rings. The molecule has 0 saturated carbocycles. The van der Waals surface area contributed by atoms with E-state index in [2.05, 4.69) is 111 Å². The Morgan fingerprint density at radius 1 is 0.460 bits per heavy atom. The van der Waals surface area contributed by atoms with E-state index in [9.17, 15) is 10.5 Å². The van der Waals surface area contributed by atoms with Gasteiger partial charge in [0.15, 0.2) is 5.69 Å². The van der Waals surface area contributed by atoms with Crippen LogP contribution in [0.1, 0.15) is 11.1 Å². The maximum atomic E-state index is 10.0. The maximum absolute atomic E-state index is 10.0. The molecule has 0 fully saturated rings. The fourth-order valence-corrected chi connectivity index (χ4v) is 7.39. The van der Waals surface area contributed by atoms with Crippen molar-refractivity contribution in [3.05, 3.63) is 174 Å². The number of para-hydroxylation sites is 2. The molecular weight excluding hydrogens is 611 g/mol. The Kier molecular flexibility index (Phi) is 6.56. The number of rotatable bonds is 4. The summed E-state index contributed by atoms with van der Waals surface area (Å²) in [4.78, 5) is 3.68. The summed E-state index contributed by atoms with van der Waals surface area (Å²) in [5.41, 5.74) is 11.8. The van der Waals surface area contributed by atoms with Gasteiger partial charge in [-0.3, -0.25) is 0 Å². The number of aromatic nitrogens is 2. The molecule has 0 aliphatic rings. The van der Waals surface area contributed by atoms with Crippen LogP contribution in [0.3, 0.4) is 0 Å². The Balaban J connectivity index is 1.24. The van der Waals surface area contributed by atoms with Crippen LogP contribution in [0.5, 0.6) is 0 Å². The van der Waals surface area contributed by atoms with Crippen molar-refractivity contribution in [3.8, 4) is 45.8 Å².